The minimum absolute atomic E-state index is 0.254. The van der Waals surface area contributed by atoms with Crippen molar-refractivity contribution in [3.63, 3.8) is 0 Å². The predicted octanol–water partition coefficient (Wildman–Crippen LogP) is 2.00. The number of ether oxygens (including phenoxy) is 1. The van der Waals surface area contributed by atoms with Gasteiger partial charge < -0.3 is 10.5 Å². The number of halogens is 2. The number of aryl methyl sites for hydroxylation is 1. The Morgan fingerprint density at radius 1 is 1.53 bits per heavy atom. The topological polar surface area (TPSA) is 52.3 Å². The van der Waals surface area contributed by atoms with E-state index in [2.05, 4.69) is 4.74 Å². The average Bonchev–Trinajstić information content (AvgIpc) is 2.14. The summed E-state index contributed by atoms with van der Waals surface area (Å²) in [6.45, 7) is 0.776. The maximum absolute atomic E-state index is 11.8. The van der Waals surface area contributed by atoms with E-state index in [1.165, 1.54) is 12.1 Å². The van der Waals surface area contributed by atoms with Gasteiger partial charge in [-0.1, -0.05) is 0 Å². The van der Waals surface area contributed by atoms with Gasteiger partial charge in [0.25, 0.3) is 6.43 Å². The summed E-state index contributed by atoms with van der Waals surface area (Å²) in [5.41, 5.74) is 6.85. The van der Waals surface area contributed by atoms with E-state index >= 15 is 0 Å². The number of alkyl halides is 2. The zero-order valence-corrected chi connectivity index (χ0v) is 8.17. The largest absolute Gasteiger partial charge is 0.456 e. The first-order valence-electron chi connectivity index (χ1n) is 4.32. The molecule has 2 N–H and O–H groups in total. The molecular weight excluding hydrogens is 204 g/mol. The highest BCUT2D eigenvalue weighted by Gasteiger charge is 2.13. The van der Waals surface area contributed by atoms with Crippen LogP contribution in [0.4, 0.5) is 14.5 Å². The maximum Gasteiger partial charge on any atom is 0.338 e. The molecule has 0 bridgehead atoms. The Morgan fingerprint density at radius 3 is 2.73 bits per heavy atom. The molecule has 0 radical (unpaired) electrons. The maximum atomic E-state index is 11.8. The van der Waals surface area contributed by atoms with Gasteiger partial charge in [-0.25, -0.2) is 13.6 Å². The highest BCUT2D eigenvalue weighted by atomic mass is 19.3. The Bertz CT molecular complexity index is 366. The van der Waals surface area contributed by atoms with Crippen molar-refractivity contribution in [2.24, 2.45) is 0 Å². The minimum atomic E-state index is -2.65. The fourth-order valence-corrected chi connectivity index (χ4v) is 1.13. The van der Waals surface area contributed by atoms with Crippen LogP contribution in [0.25, 0.3) is 0 Å². The molecule has 1 aromatic carbocycles. The highest BCUT2D eigenvalue weighted by Crippen LogP contribution is 2.13. The predicted molar refractivity (Wildman–Crippen MR) is 51.9 cm³/mol. The van der Waals surface area contributed by atoms with Crippen LogP contribution in [-0.4, -0.2) is 19.0 Å². The molecule has 0 heterocycles. The number of nitrogen functional groups attached to an aromatic ring is 1. The molecule has 0 fully saturated rings. The summed E-state index contributed by atoms with van der Waals surface area (Å²) < 4.78 is 27.9. The summed E-state index contributed by atoms with van der Waals surface area (Å²) in [5, 5.41) is 0. The Labute approximate surface area is 85.8 Å². The van der Waals surface area contributed by atoms with Crippen molar-refractivity contribution in [3.05, 3.63) is 29.3 Å². The molecular formula is C10H11F2NO2. The third kappa shape index (κ3) is 3.19. The van der Waals surface area contributed by atoms with Crippen molar-refractivity contribution in [1.82, 2.24) is 0 Å². The second kappa shape index (κ2) is 4.72. The van der Waals surface area contributed by atoms with E-state index in [9.17, 15) is 13.6 Å². The Balaban J connectivity index is 2.74. The molecule has 0 atom stereocenters. The molecule has 0 unspecified atom stereocenters. The van der Waals surface area contributed by atoms with Gasteiger partial charge in [-0.05, 0) is 30.7 Å². The summed E-state index contributed by atoms with van der Waals surface area (Å²) in [4.78, 5) is 11.3. The van der Waals surface area contributed by atoms with Gasteiger partial charge in [0.2, 0.25) is 0 Å². The molecule has 1 aromatic rings. The first-order chi connectivity index (χ1) is 7.00. The van der Waals surface area contributed by atoms with Crippen LogP contribution in [0.15, 0.2) is 18.2 Å². The molecule has 5 heteroatoms. The van der Waals surface area contributed by atoms with E-state index in [1.54, 1.807) is 13.0 Å². The summed E-state index contributed by atoms with van der Waals surface area (Å²) in [5.74, 6) is -0.757. The van der Waals surface area contributed by atoms with Crippen LogP contribution in [0.3, 0.4) is 0 Å². The minimum Gasteiger partial charge on any atom is -0.456 e. The molecule has 0 aromatic heterocycles. The normalized spacial score (nSPS) is 10.4. The van der Waals surface area contributed by atoms with E-state index in [0.717, 1.165) is 0 Å². The number of nitrogens with two attached hydrogens (primary N) is 1. The second-order valence-electron chi connectivity index (χ2n) is 3.06. The number of hydrogen-bond acceptors (Lipinski definition) is 3. The first-order valence-corrected chi connectivity index (χ1v) is 4.32. The second-order valence-corrected chi connectivity index (χ2v) is 3.06. The van der Waals surface area contributed by atoms with E-state index < -0.39 is 19.0 Å². The number of anilines is 1. The molecule has 1 rings (SSSR count). The number of esters is 1. The average molecular weight is 215 g/mol. The van der Waals surface area contributed by atoms with Crippen LogP contribution in [0.2, 0.25) is 0 Å². The monoisotopic (exact) mass is 215 g/mol. The van der Waals surface area contributed by atoms with E-state index in [4.69, 9.17) is 5.73 Å². The first kappa shape index (κ1) is 11.4. The van der Waals surface area contributed by atoms with Gasteiger partial charge in [0, 0.05) is 5.69 Å². The smallest absolute Gasteiger partial charge is 0.338 e. The van der Waals surface area contributed by atoms with Gasteiger partial charge in [0.05, 0.1) is 5.56 Å². The van der Waals surface area contributed by atoms with Gasteiger partial charge in [0.15, 0.2) is 6.61 Å². The van der Waals surface area contributed by atoms with Gasteiger partial charge in [0.1, 0.15) is 0 Å². The third-order valence-electron chi connectivity index (χ3n) is 1.81. The molecule has 0 aliphatic carbocycles. The third-order valence-corrected chi connectivity index (χ3v) is 1.81. The summed E-state index contributed by atoms with van der Waals surface area (Å²) in [7, 11) is 0. The van der Waals surface area contributed by atoms with Crippen LogP contribution in [-0.2, 0) is 4.74 Å². The quantitative estimate of drug-likeness (QED) is 0.619. The number of carbonyl (C=O) groups is 1. The molecule has 15 heavy (non-hydrogen) atoms. The van der Waals surface area contributed by atoms with Crippen molar-refractivity contribution < 1.29 is 18.3 Å². The van der Waals surface area contributed by atoms with Crippen LogP contribution >= 0.6 is 0 Å². The van der Waals surface area contributed by atoms with Crippen LogP contribution in [0, 0.1) is 6.92 Å². The SMILES string of the molecule is Cc1cc(N)ccc1C(=O)OCC(F)F. The van der Waals surface area contributed by atoms with Crippen molar-refractivity contribution in [2.75, 3.05) is 12.3 Å². The van der Waals surface area contributed by atoms with Gasteiger partial charge in [-0.3, -0.25) is 0 Å². The lowest BCUT2D eigenvalue weighted by atomic mass is 10.1. The number of hydrogen-bond donors (Lipinski definition) is 1. The molecule has 0 aliphatic heterocycles. The molecule has 0 aliphatic rings. The van der Waals surface area contributed by atoms with Gasteiger partial charge >= 0.3 is 5.97 Å². The zero-order valence-electron chi connectivity index (χ0n) is 8.17. The molecule has 82 valence electrons. The molecule has 0 amide bonds. The lowest BCUT2D eigenvalue weighted by molar-refractivity contribution is 0.0159. The Morgan fingerprint density at radius 2 is 2.20 bits per heavy atom. The molecule has 0 saturated carbocycles. The van der Waals surface area contributed by atoms with Crippen molar-refractivity contribution in [2.45, 2.75) is 13.3 Å². The molecule has 0 saturated heterocycles. The zero-order chi connectivity index (χ0) is 11.4. The fraction of sp³-hybridized carbons (Fsp3) is 0.300. The number of rotatable bonds is 3. The van der Waals surface area contributed by atoms with Crippen molar-refractivity contribution >= 4 is 11.7 Å². The lowest BCUT2D eigenvalue weighted by Crippen LogP contribution is -2.12. The lowest BCUT2D eigenvalue weighted by Gasteiger charge is -2.06. The number of carbonyl (C=O) groups excluding carboxylic acids is 1. The fourth-order valence-electron chi connectivity index (χ4n) is 1.13. The van der Waals surface area contributed by atoms with Crippen molar-refractivity contribution in [3.8, 4) is 0 Å². The standard InChI is InChI=1S/C10H11F2NO2/c1-6-4-7(13)2-3-8(6)10(14)15-5-9(11)12/h2-4,9H,5,13H2,1H3. The van der Waals surface area contributed by atoms with Crippen molar-refractivity contribution in [1.29, 1.82) is 0 Å². The van der Waals surface area contributed by atoms with E-state index in [0.29, 0.717) is 11.3 Å². The van der Waals surface area contributed by atoms with Crippen LogP contribution in [0.5, 0.6) is 0 Å². The van der Waals surface area contributed by atoms with Crippen LogP contribution in [0.1, 0.15) is 15.9 Å². The van der Waals surface area contributed by atoms with Gasteiger partial charge in [-0.2, -0.15) is 0 Å². The number of benzene rings is 1. The highest BCUT2D eigenvalue weighted by molar-refractivity contribution is 5.91. The van der Waals surface area contributed by atoms with E-state index in [-0.39, 0.29) is 5.56 Å². The molecule has 3 nitrogen and oxygen atoms in total. The van der Waals surface area contributed by atoms with Crippen LogP contribution < -0.4 is 5.73 Å². The Kier molecular flexibility index (Phi) is 3.60. The summed E-state index contributed by atoms with van der Waals surface area (Å²) in [6, 6.07) is 4.56. The summed E-state index contributed by atoms with van der Waals surface area (Å²) in [6.07, 6.45) is -2.65. The Hall–Kier alpha value is -1.65. The van der Waals surface area contributed by atoms with Gasteiger partial charge in [-0.15, -0.1) is 0 Å². The molecule has 0 spiro atoms. The summed E-state index contributed by atoms with van der Waals surface area (Å²) >= 11 is 0. The van der Waals surface area contributed by atoms with E-state index in [1.807, 2.05) is 0 Å².